The third-order valence-electron chi connectivity index (χ3n) is 1.73. The fourth-order valence-corrected chi connectivity index (χ4v) is 2.91. The molecule has 1 rings (SSSR count). The summed E-state index contributed by atoms with van der Waals surface area (Å²) in [5.74, 6) is -0.261. The average molecular weight is 323 g/mol. The zero-order chi connectivity index (χ0) is 10.9. The Morgan fingerprint density at radius 3 is 2.14 bits per heavy atom. The first kappa shape index (κ1) is 11.7. The first-order valence-corrected chi connectivity index (χ1v) is 5.53. The molecular weight excluding hydrogens is 314 g/mol. The number of nitrogens with one attached hydrogen (secondary N) is 1. The predicted octanol–water partition coefficient (Wildman–Crippen LogP) is 2.02. The van der Waals surface area contributed by atoms with Crippen molar-refractivity contribution in [1.82, 2.24) is 5.32 Å². The molecule has 1 aliphatic rings. The van der Waals surface area contributed by atoms with E-state index in [1.807, 2.05) is 6.92 Å². The summed E-state index contributed by atoms with van der Waals surface area (Å²) < 4.78 is 0.895. The van der Waals surface area contributed by atoms with Crippen LogP contribution in [0.25, 0.3) is 0 Å². The number of rotatable bonds is 1. The summed E-state index contributed by atoms with van der Waals surface area (Å²) in [5, 5.41) is 2.74. The lowest BCUT2D eigenvalue weighted by Gasteiger charge is -2.27. The van der Waals surface area contributed by atoms with Gasteiger partial charge in [0.25, 0.3) is 0 Å². The average Bonchev–Trinajstić information content (AvgIpc) is 1.97. The maximum atomic E-state index is 11.4. The van der Waals surface area contributed by atoms with Crippen LogP contribution >= 0.6 is 31.9 Å². The number of hydrogen-bond acceptors (Lipinski definition) is 2. The van der Waals surface area contributed by atoms with Gasteiger partial charge in [-0.1, -0.05) is 0 Å². The van der Waals surface area contributed by atoms with Crippen molar-refractivity contribution in [2.75, 3.05) is 0 Å². The van der Waals surface area contributed by atoms with Crippen LogP contribution in [-0.4, -0.2) is 17.2 Å². The fraction of sp³-hybridized carbons (Fsp3) is 0.333. The lowest BCUT2D eigenvalue weighted by molar-refractivity contribution is -0.120. The van der Waals surface area contributed by atoms with Crippen molar-refractivity contribution in [1.29, 1.82) is 0 Å². The third-order valence-corrected chi connectivity index (χ3v) is 2.91. The lowest BCUT2D eigenvalue weighted by atomic mass is 9.96. The Kier molecular flexibility index (Phi) is 3.32. The topological polar surface area (TPSA) is 46.2 Å². The molecule has 0 aliphatic heterocycles. The molecule has 0 unspecified atom stereocenters. The standard InChI is InChI=1S/C9H9Br2NO2/c1-5(13)12-9(2)3-6(10)8(14)7(11)4-9/h3-4H,1-2H3,(H,12,13). The van der Waals surface area contributed by atoms with Crippen molar-refractivity contribution < 1.29 is 9.59 Å². The van der Waals surface area contributed by atoms with Gasteiger partial charge < -0.3 is 5.32 Å². The smallest absolute Gasteiger partial charge is 0.217 e. The van der Waals surface area contributed by atoms with E-state index in [0.29, 0.717) is 8.96 Å². The first-order valence-electron chi connectivity index (χ1n) is 3.94. The van der Waals surface area contributed by atoms with Crippen molar-refractivity contribution in [2.45, 2.75) is 19.4 Å². The van der Waals surface area contributed by atoms with Crippen LogP contribution in [0.2, 0.25) is 0 Å². The molecule has 0 aromatic rings. The molecule has 1 aliphatic carbocycles. The minimum atomic E-state index is -0.614. The second-order valence-corrected chi connectivity index (χ2v) is 4.99. The molecule has 0 radical (unpaired) electrons. The number of amides is 1. The molecule has 1 N–H and O–H groups in total. The van der Waals surface area contributed by atoms with Gasteiger partial charge in [-0.3, -0.25) is 9.59 Å². The molecule has 14 heavy (non-hydrogen) atoms. The zero-order valence-corrected chi connectivity index (χ0v) is 10.9. The van der Waals surface area contributed by atoms with Crippen LogP contribution in [0.1, 0.15) is 13.8 Å². The van der Waals surface area contributed by atoms with Crippen LogP contribution in [0.4, 0.5) is 0 Å². The van der Waals surface area contributed by atoms with Crippen molar-refractivity contribution >= 4 is 43.6 Å². The first-order chi connectivity index (χ1) is 6.34. The summed E-state index contributed by atoms with van der Waals surface area (Å²) in [4.78, 5) is 22.3. The van der Waals surface area contributed by atoms with Crippen LogP contribution in [0.5, 0.6) is 0 Å². The van der Waals surface area contributed by atoms with E-state index in [1.54, 1.807) is 12.2 Å². The number of allylic oxidation sites excluding steroid dienone is 2. The molecule has 76 valence electrons. The van der Waals surface area contributed by atoms with Crippen molar-refractivity contribution in [3.05, 3.63) is 21.1 Å². The number of carbonyl (C=O) groups excluding carboxylic acids is 2. The summed E-state index contributed by atoms with van der Waals surface area (Å²) in [7, 11) is 0. The number of carbonyl (C=O) groups is 2. The Labute approximate surface area is 98.9 Å². The Bertz CT molecular complexity index is 336. The number of halogens is 2. The molecule has 0 aromatic heterocycles. The molecule has 0 aromatic carbocycles. The van der Waals surface area contributed by atoms with Crippen LogP contribution < -0.4 is 5.32 Å². The van der Waals surface area contributed by atoms with Gasteiger partial charge in [-0.05, 0) is 50.9 Å². The highest BCUT2D eigenvalue weighted by atomic mass is 79.9. The predicted molar refractivity (Wildman–Crippen MR) is 61.2 cm³/mol. The van der Waals surface area contributed by atoms with Gasteiger partial charge in [0.2, 0.25) is 11.7 Å². The van der Waals surface area contributed by atoms with E-state index in [0.717, 1.165) is 0 Å². The van der Waals surface area contributed by atoms with Gasteiger partial charge in [-0.2, -0.15) is 0 Å². The molecule has 0 bridgehead atoms. The van der Waals surface area contributed by atoms with Gasteiger partial charge in [-0.15, -0.1) is 0 Å². The number of hydrogen-bond donors (Lipinski definition) is 1. The minimum absolute atomic E-state index is 0.118. The number of Topliss-reactive ketones (excluding diaryl/α,β-unsaturated/α-hetero) is 1. The highest BCUT2D eigenvalue weighted by Crippen LogP contribution is 2.28. The van der Waals surface area contributed by atoms with E-state index in [2.05, 4.69) is 37.2 Å². The molecule has 0 atom stereocenters. The van der Waals surface area contributed by atoms with Crippen LogP contribution in [-0.2, 0) is 9.59 Å². The van der Waals surface area contributed by atoms with Gasteiger partial charge in [0.1, 0.15) is 0 Å². The lowest BCUT2D eigenvalue weighted by Crippen LogP contribution is -2.43. The van der Waals surface area contributed by atoms with Crippen molar-refractivity contribution in [3.63, 3.8) is 0 Å². The van der Waals surface area contributed by atoms with Crippen LogP contribution in [0.15, 0.2) is 21.1 Å². The molecule has 5 heteroatoms. The molecule has 1 amide bonds. The normalized spacial score (nSPS) is 19.9. The maximum Gasteiger partial charge on any atom is 0.217 e. The van der Waals surface area contributed by atoms with Crippen molar-refractivity contribution in [2.24, 2.45) is 0 Å². The Balaban J connectivity index is 3.02. The largest absolute Gasteiger partial charge is 0.344 e. The second-order valence-electron chi connectivity index (χ2n) is 3.28. The monoisotopic (exact) mass is 321 g/mol. The molecule has 0 spiro atoms. The summed E-state index contributed by atoms with van der Waals surface area (Å²) in [6.07, 6.45) is 3.34. The molecule has 0 saturated heterocycles. The molecular formula is C9H9Br2NO2. The van der Waals surface area contributed by atoms with Crippen molar-refractivity contribution in [3.8, 4) is 0 Å². The Hall–Kier alpha value is -0.420. The highest BCUT2D eigenvalue weighted by molar-refractivity contribution is 9.13. The summed E-state index contributed by atoms with van der Waals surface area (Å²) >= 11 is 6.30. The van der Waals surface area contributed by atoms with Gasteiger partial charge >= 0.3 is 0 Å². The van der Waals surface area contributed by atoms with Crippen LogP contribution in [0.3, 0.4) is 0 Å². The van der Waals surface area contributed by atoms with E-state index in [-0.39, 0.29) is 11.7 Å². The summed E-state index contributed by atoms with van der Waals surface area (Å²) in [5.41, 5.74) is -0.614. The summed E-state index contributed by atoms with van der Waals surface area (Å²) in [6, 6.07) is 0. The Morgan fingerprint density at radius 1 is 1.36 bits per heavy atom. The third kappa shape index (κ3) is 2.54. The van der Waals surface area contributed by atoms with E-state index >= 15 is 0 Å². The zero-order valence-electron chi connectivity index (χ0n) is 7.73. The minimum Gasteiger partial charge on any atom is -0.344 e. The van der Waals surface area contributed by atoms with Gasteiger partial charge in [-0.25, -0.2) is 0 Å². The maximum absolute atomic E-state index is 11.4. The second kappa shape index (κ2) is 3.98. The fourth-order valence-electron chi connectivity index (χ4n) is 1.26. The quantitative estimate of drug-likeness (QED) is 0.803. The molecule has 0 saturated carbocycles. The molecule has 0 heterocycles. The Morgan fingerprint density at radius 2 is 1.79 bits per heavy atom. The van der Waals surface area contributed by atoms with E-state index in [4.69, 9.17) is 0 Å². The van der Waals surface area contributed by atoms with E-state index in [1.165, 1.54) is 6.92 Å². The van der Waals surface area contributed by atoms with Gasteiger partial charge in [0.15, 0.2) is 0 Å². The molecule has 0 fully saturated rings. The van der Waals surface area contributed by atoms with Gasteiger partial charge in [0, 0.05) is 6.92 Å². The SMILES string of the molecule is CC(=O)NC1(C)C=C(Br)C(=O)C(Br)=C1. The highest BCUT2D eigenvalue weighted by Gasteiger charge is 2.28. The van der Waals surface area contributed by atoms with Crippen LogP contribution in [0, 0.1) is 0 Å². The summed E-state index contributed by atoms with van der Waals surface area (Å²) in [6.45, 7) is 3.24. The van der Waals surface area contributed by atoms with E-state index < -0.39 is 5.54 Å². The number of ketones is 1. The molecule has 3 nitrogen and oxygen atoms in total. The van der Waals surface area contributed by atoms with E-state index in [9.17, 15) is 9.59 Å². The van der Waals surface area contributed by atoms with Gasteiger partial charge in [0.05, 0.1) is 14.5 Å².